The number of aryl methyl sites for hydroxylation is 1. The summed E-state index contributed by atoms with van der Waals surface area (Å²) in [4.78, 5) is 12.0. The van der Waals surface area contributed by atoms with Gasteiger partial charge in [0.05, 0.1) is 17.4 Å². The lowest BCUT2D eigenvalue weighted by molar-refractivity contribution is 0.145. The van der Waals surface area contributed by atoms with Crippen molar-refractivity contribution in [1.29, 1.82) is 0 Å². The van der Waals surface area contributed by atoms with Crippen molar-refractivity contribution in [3.05, 3.63) is 130 Å². The van der Waals surface area contributed by atoms with Gasteiger partial charge in [0.1, 0.15) is 0 Å². The zero-order valence-corrected chi connectivity index (χ0v) is 22.0. The Labute approximate surface area is 226 Å². The maximum atomic E-state index is 4.89. The summed E-state index contributed by atoms with van der Waals surface area (Å²) in [5.41, 5.74) is 9.35. The van der Waals surface area contributed by atoms with Crippen molar-refractivity contribution in [2.24, 2.45) is 0 Å². The third-order valence-electron chi connectivity index (χ3n) is 8.00. The maximum Gasteiger partial charge on any atom is 0.0607 e. The van der Waals surface area contributed by atoms with Crippen LogP contribution in [0.1, 0.15) is 58.1 Å². The third kappa shape index (κ3) is 6.02. The van der Waals surface area contributed by atoms with Gasteiger partial charge in [-0.15, -0.1) is 0 Å². The normalized spacial score (nSPS) is 18.7. The summed E-state index contributed by atoms with van der Waals surface area (Å²) in [6.07, 6.45) is 8.43. The highest BCUT2D eigenvalue weighted by Gasteiger charge is 2.30. The number of nitrogens with one attached hydrogen (secondary N) is 2. The van der Waals surface area contributed by atoms with Crippen LogP contribution in [0, 0.1) is 0 Å². The molecular formula is C33H37N5. The van der Waals surface area contributed by atoms with E-state index in [4.69, 9.17) is 4.98 Å². The van der Waals surface area contributed by atoms with Crippen molar-refractivity contribution in [2.75, 3.05) is 6.54 Å². The Bertz CT molecular complexity index is 1320. The van der Waals surface area contributed by atoms with Gasteiger partial charge in [0.25, 0.3) is 0 Å². The molecule has 5 heteroatoms. The first kappa shape index (κ1) is 24.9. The zero-order valence-electron chi connectivity index (χ0n) is 22.0. The van der Waals surface area contributed by atoms with Gasteiger partial charge in [-0.3, -0.25) is 14.9 Å². The minimum Gasteiger partial charge on any atom is -0.308 e. The summed E-state index contributed by atoms with van der Waals surface area (Å²) in [7, 11) is 0. The van der Waals surface area contributed by atoms with E-state index in [2.05, 4.69) is 87.2 Å². The summed E-state index contributed by atoms with van der Waals surface area (Å²) in [5.74, 6) is 0. The first-order chi connectivity index (χ1) is 18.8. The largest absolute Gasteiger partial charge is 0.308 e. The molecule has 2 aromatic carbocycles. The molecule has 5 nitrogen and oxygen atoms in total. The van der Waals surface area contributed by atoms with Crippen LogP contribution in [-0.4, -0.2) is 27.5 Å². The molecule has 2 N–H and O–H groups in total. The van der Waals surface area contributed by atoms with Crippen molar-refractivity contribution < 1.29 is 0 Å². The number of pyridine rings is 2. The van der Waals surface area contributed by atoms with Crippen LogP contribution in [0.25, 0.3) is 0 Å². The molecule has 0 radical (unpaired) electrons. The Kier molecular flexibility index (Phi) is 7.87. The van der Waals surface area contributed by atoms with Gasteiger partial charge >= 0.3 is 0 Å². The second kappa shape index (κ2) is 12.0. The van der Waals surface area contributed by atoms with Crippen LogP contribution in [-0.2, 0) is 39.0 Å². The van der Waals surface area contributed by atoms with Crippen LogP contribution in [0.3, 0.4) is 0 Å². The Morgan fingerprint density at radius 1 is 0.789 bits per heavy atom. The molecule has 0 fully saturated rings. The fraction of sp³-hybridized carbons (Fsp3) is 0.333. The van der Waals surface area contributed by atoms with Crippen LogP contribution >= 0.6 is 0 Å². The predicted molar refractivity (Wildman–Crippen MR) is 152 cm³/mol. The Morgan fingerprint density at radius 3 is 2.45 bits per heavy atom. The van der Waals surface area contributed by atoms with E-state index in [9.17, 15) is 0 Å². The topological polar surface area (TPSA) is 53.1 Å². The molecule has 0 spiro atoms. The molecule has 0 bridgehead atoms. The van der Waals surface area contributed by atoms with Crippen LogP contribution in [0.15, 0.2) is 91.3 Å². The number of nitrogens with zero attached hydrogens (tertiary/aromatic N) is 3. The number of aromatic nitrogens is 2. The molecular weight excluding hydrogens is 466 g/mol. The molecule has 3 heterocycles. The van der Waals surface area contributed by atoms with Crippen LogP contribution in [0.5, 0.6) is 0 Å². The van der Waals surface area contributed by atoms with E-state index in [1.807, 2.05) is 24.5 Å². The molecule has 6 rings (SSSR count). The van der Waals surface area contributed by atoms with Gasteiger partial charge in [0.2, 0.25) is 0 Å². The van der Waals surface area contributed by atoms with E-state index in [1.165, 1.54) is 46.4 Å². The molecule has 2 atom stereocenters. The Hall–Kier alpha value is -3.38. The molecule has 0 saturated carbocycles. The van der Waals surface area contributed by atoms with Crippen molar-refractivity contribution in [1.82, 2.24) is 25.5 Å². The van der Waals surface area contributed by atoms with Crippen molar-refractivity contribution in [2.45, 2.75) is 63.9 Å². The summed E-state index contributed by atoms with van der Waals surface area (Å²) in [6, 6.07) is 29.2. The minimum absolute atomic E-state index is 0.360. The van der Waals surface area contributed by atoms with E-state index in [1.54, 1.807) is 0 Å². The molecule has 1 aliphatic heterocycles. The first-order valence-electron chi connectivity index (χ1n) is 14.0. The lowest BCUT2D eigenvalue weighted by Gasteiger charge is -2.38. The Morgan fingerprint density at radius 2 is 1.58 bits per heavy atom. The molecule has 2 aliphatic rings. The molecule has 0 saturated heterocycles. The maximum absolute atomic E-state index is 4.89. The summed E-state index contributed by atoms with van der Waals surface area (Å²) in [5, 5.41) is 7.34. The highest BCUT2D eigenvalue weighted by atomic mass is 15.2. The lowest BCUT2D eigenvalue weighted by Crippen LogP contribution is -2.46. The van der Waals surface area contributed by atoms with Crippen molar-refractivity contribution in [3.8, 4) is 0 Å². The number of benzene rings is 2. The number of rotatable bonds is 9. The zero-order chi connectivity index (χ0) is 25.6. The van der Waals surface area contributed by atoms with E-state index in [0.29, 0.717) is 12.1 Å². The van der Waals surface area contributed by atoms with Gasteiger partial charge in [0, 0.05) is 51.2 Å². The van der Waals surface area contributed by atoms with Gasteiger partial charge < -0.3 is 10.6 Å². The molecule has 2 aromatic heterocycles. The van der Waals surface area contributed by atoms with Gasteiger partial charge in [-0.2, -0.15) is 0 Å². The number of hydrogen-bond donors (Lipinski definition) is 2. The van der Waals surface area contributed by atoms with Gasteiger partial charge in [0.15, 0.2) is 0 Å². The fourth-order valence-corrected chi connectivity index (χ4v) is 6.01. The van der Waals surface area contributed by atoms with E-state index < -0.39 is 0 Å². The smallest absolute Gasteiger partial charge is 0.0607 e. The highest BCUT2D eigenvalue weighted by Crippen LogP contribution is 2.34. The first-order valence-corrected chi connectivity index (χ1v) is 14.0. The van der Waals surface area contributed by atoms with E-state index in [-0.39, 0.29) is 0 Å². The lowest BCUT2D eigenvalue weighted by atomic mass is 9.89. The summed E-state index contributed by atoms with van der Waals surface area (Å²) >= 11 is 0. The van der Waals surface area contributed by atoms with Crippen LogP contribution < -0.4 is 10.6 Å². The second-order valence-electron chi connectivity index (χ2n) is 10.7. The SMILES string of the molecule is c1ccc(CNCc2ccc(CN(CC3Cc4ccccc4CN3)C3CCCc4cccnc43)cc2)nc1. The predicted octanol–water partition coefficient (Wildman–Crippen LogP) is 5.36. The van der Waals surface area contributed by atoms with Gasteiger partial charge in [-0.1, -0.05) is 60.7 Å². The molecule has 2 unspecified atom stereocenters. The van der Waals surface area contributed by atoms with Gasteiger partial charge in [-0.05, 0) is 71.7 Å². The molecule has 1 aliphatic carbocycles. The standard InChI is InChI=1S/C33H37N5/c1-2-8-29-21-37-31(19-28(29)7-1)24-38(32-12-5-9-27-10-6-18-36-33(27)32)23-26-15-13-25(14-16-26)20-34-22-30-11-3-4-17-35-30/h1-4,6-8,10-11,13-18,31-32,34,37H,5,9,12,19-24H2. The average molecular weight is 504 g/mol. The van der Waals surface area contributed by atoms with E-state index in [0.717, 1.165) is 51.3 Å². The van der Waals surface area contributed by atoms with Crippen molar-refractivity contribution in [3.63, 3.8) is 0 Å². The highest BCUT2D eigenvalue weighted by molar-refractivity contribution is 5.31. The fourth-order valence-electron chi connectivity index (χ4n) is 6.01. The summed E-state index contributed by atoms with van der Waals surface area (Å²) < 4.78 is 0. The monoisotopic (exact) mass is 503 g/mol. The molecule has 4 aromatic rings. The van der Waals surface area contributed by atoms with Crippen molar-refractivity contribution >= 4 is 0 Å². The second-order valence-corrected chi connectivity index (χ2v) is 10.7. The Balaban J connectivity index is 1.16. The minimum atomic E-state index is 0.360. The molecule has 0 amide bonds. The molecule has 194 valence electrons. The summed E-state index contributed by atoms with van der Waals surface area (Å²) in [6.45, 7) is 4.52. The number of hydrogen-bond acceptors (Lipinski definition) is 5. The quantitative estimate of drug-likeness (QED) is 0.322. The molecule has 38 heavy (non-hydrogen) atoms. The third-order valence-corrected chi connectivity index (χ3v) is 8.00. The number of fused-ring (bicyclic) bond motifs is 2. The van der Waals surface area contributed by atoms with Gasteiger partial charge in [-0.25, -0.2) is 0 Å². The average Bonchev–Trinajstić information content (AvgIpc) is 2.98. The van der Waals surface area contributed by atoms with Crippen LogP contribution in [0.2, 0.25) is 0 Å². The van der Waals surface area contributed by atoms with Crippen LogP contribution in [0.4, 0.5) is 0 Å². The van der Waals surface area contributed by atoms with E-state index >= 15 is 0 Å².